The van der Waals surface area contributed by atoms with Gasteiger partial charge in [-0.3, -0.25) is 4.79 Å². The van der Waals surface area contributed by atoms with Crippen LogP contribution in [0.3, 0.4) is 0 Å². The van der Waals surface area contributed by atoms with E-state index in [4.69, 9.17) is 4.74 Å². The predicted octanol–water partition coefficient (Wildman–Crippen LogP) is 3.46. The van der Waals surface area contributed by atoms with Crippen LogP contribution in [0.2, 0.25) is 0 Å². The van der Waals surface area contributed by atoms with Crippen molar-refractivity contribution in [2.75, 3.05) is 20.2 Å². The van der Waals surface area contributed by atoms with Gasteiger partial charge in [-0.05, 0) is 36.4 Å². The number of hydrogen-bond acceptors (Lipinski definition) is 2. The van der Waals surface area contributed by atoms with Crippen LogP contribution in [-0.4, -0.2) is 36.0 Å². The van der Waals surface area contributed by atoms with E-state index in [1.54, 1.807) is 24.1 Å². The van der Waals surface area contributed by atoms with Crippen LogP contribution in [0.25, 0.3) is 10.9 Å². The molecule has 0 saturated heterocycles. The summed E-state index contributed by atoms with van der Waals surface area (Å²) in [4.78, 5) is 17.1. The number of rotatable bonds is 5. The van der Waals surface area contributed by atoms with Gasteiger partial charge in [-0.1, -0.05) is 18.2 Å². The molecule has 0 fully saturated rings. The molecule has 1 aromatic heterocycles. The van der Waals surface area contributed by atoms with Gasteiger partial charge in [-0.2, -0.15) is 0 Å². The van der Waals surface area contributed by atoms with E-state index in [1.165, 1.54) is 12.1 Å². The largest absolute Gasteiger partial charge is 0.492 e. The van der Waals surface area contributed by atoms with Crippen molar-refractivity contribution in [3.05, 3.63) is 66.1 Å². The molecule has 3 rings (SSSR count). The Balaban J connectivity index is 1.57. The number of fused-ring (bicyclic) bond motifs is 1. The lowest BCUT2D eigenvalue weighted by Gasteiger charge is -2.16. The number of likely N-dealkylation sites (N-methyl/N-ethyl adjacent to an activating group) is 1. The molecule has 0 unspecified atom stereocenters. The highest BCUT2D eigenvalue weighted by Crippen LogP contribution is 2.16. The van der Waals surface area contributed by atoms with Gasteiger partial charge in [0.2, 0.25) is 0 Å². The van der Waals surface area contributed by atoms with Gasteiger partial charge in [0.1, 0.15) is 23.9 Å². The van der Waals surface area contributed by atoms with Crippen LogP contribution in [0, 0.1) is 5.82 Å². The number of ether oxygens (including phenoxy) is 1. The van der Waals surface area contributed by atoms with Crippen molar-refractivity contribution in [1.82, 2.24) is 9.88 Å². The number of aromatic amines is 1. The van der Waals surface area contributed by atoms with Crippen molar-refractivity contribution in [3.63, 3.8) is 0 Å². The smallest absolute Gasteiger partial charge is 0.270 e. The zero-order valence-corrected chi connectivity index (χ0v) is 12.8. The highest BCUT2D eigenvalue weighted by Gasteiger charge is 2.14. The van der Waals surface area contributed by atoms with Crippen molar-refractivity contribution in [2.24, 2.45) is 0 Å². The second-order valence-electron chi connectivity index (χ2n) is 5.30. The van der Waals surface area contributed by atoms with Crippen LogP contribution >= 0.6 is 0 Å². The number of carbonyl (C=O) groups excluding carboxylic acids is 1. The van der Waals surface area contributed by atoms with Crippen LogP contribution < -0.4 is 4.74 Å². The Kier molecular flexibility index (Phi) is 4.28. The number of benzene rings is 2. The molecule has 0 saturated carbocycles. The molecule has 2 aromatic carbocycles. The van der Waals surface area contributed by atoms with Crippen molar-refractivity contribution in [1.29, 1.82) is 0 Å². The van der Waals surface area contributed by atoms with Gasteiger partial charge >= 0.3 is 0 Å². The van der Waals surface area contributed by atoms with Crippen LogP contribution in [0.5, 0.6) is 5.75 Å². The second kappa shape index (κ2) is 6.52. The van der Waals surface area contributed by atoms with Crippen molar-refractivity contribution in [3.8, 4) is 5.75 Å². The number of hydrogen-bond donors (Lipinski definition) is 1. The highest BCUT2D eigenvalue weighted by molar-refractivity contribution is 5.97. The van der Waals surface area contributed by atoms with Crippen LogP contribution in [0.15, 0.2) is 54.6 Å². The van der Waals surface area contributed by atoms with Gasteiger partial charge in [0.05, 0.1) is 6.54 Å². The van der Waals surface area contributed by atoms with Gasteiger partial charge in [-0.15, -0.1) is 0 Å². The molecular formula is C18H17FN2O2. The van der Waals surface area contributed by atoms with E-state index < -0.39 is 0 Å². The predicted molar refractivity (Wildman–Crippen MR) is 87.2 cm³/mol. The van der Waals surface area contributed by atoms with Crippen molar-refractivity contribution in [2.45, 2.75) is 0 Å². The van der Waals surface area contributed by atoms with E-state index in [9.17, 15) is 9.18 Å². The maximum Gasteiger partial charge on any atom is 0.270 e. The summed E-state index contributed by atoms with van der Waals surface area (Å²) in [6.45, 7) is 0.777. The first kappa shape index (κ1) is 15.1. The fourth-order valence-electron chi connectivity index (χ4n) is 2.33. The quantitative estimate of drug-likeness (QED) is 0.784. The Labute approximate surface area is 133 Å². The number of H-pyrrole nitrogens is 1. The number of nitrogens with zero attached hydrogens (tertiary/aromatic N) is 1. The third-order valence-electron chi connectivity index (χ3n) is 3.62. The first-order chi connectivity index (χ1) is 11.1. The maximum absolute atomic E-state index is 12.8. The van der Waals surface area contributed by atoms with Gasteiger partial charge in [0.25, 0.3) is 5.91 Å². The molecule has 5 heteroatoms. The number of halogens is 1. The average molecular weight is 312 g/mol. The Morgan fingerprint density at radius 3 is 2.65 bits per heavy atom. The van der Waals surface area contributed by atoms with Gasteiger partial charge in [0.15, 0.2) is 0 Å². The molecule has 4 nitrogen and oxygen atoms in total. The number of nitrogens with one attached hydrogen (secondary N) is 1. The Morgan fingerprint density at radius 2 is 1.91 bits per heavy atom. The number of amides is 1. The summed E-state index contributed by atoms with van der Waals surface area (Å²) < 4.78 is 18.3. The minimum Gasteiger partial charge on any atom is -0.492 e. The second-order valence-corrected chi connectivity index (χ2v) is 5.30. The van der Waals surface area contributed by atoms with Crippen molar-refractivity contribution < 1.29 is 13.9 Å². The molecule has 0 aliphatic rings. The zero-order valence-electron chi connectivity index (χ0n) is 12.8. The Morgan fingerprint density at radius 1 is 1.17 bits per heavy atom. The molecule has 0 bridgehead atoms. The van der Waals surface area contributed by atoms with E-state index in [-0.39, 0.29) is 11.7 Å². The topological polar surface area (TPSA) is 45.3 Å². The third-order valence-corrected chi connectivity index (χ3v) is 3.62. The molecule has 23 heavy (non-hydrogen) atoms. The molecule has 0 atom stereocenters. The molecule has 3 aromatic rings. The SMILES string of the molecule is CN(CCOc1ccc(F)cc1)C(=O)c1cc2ccccc2[nH]1. The van der Waals surface area contributed by atoms with Gasteiger partial charge in [0, 0.05) is 18.0 Å². The zero-order chi connectivity index (χ0) is 16.2. The summed E-state index contributed by atoms with van der Waals surface area (Å²) in [5, 5.41) is 1.01. The lowest BCUT2D eigenvalue weighted by atomic mass is 10.2. The molecule has 1 amide bonds. The Bertz CT molecular complexity index is 778. The highest BCUT2D eigenvalue weighted by atomic mass is 19.1. The van der Waals surface area contributed by atoms with E-state index in [1.807, 2.05) is 30.3 Å². The summed E-state index contributed by atoms with van der Waals surface area (Å²) in [7, 11) is 1.72. The molecule has 0 radical (unpaired) electrons. The minimum absolute atomic E-state index is 0.0936. The van der Waals surface area contributed by atoms with E-state index >= 15 is 0 Å². The molecule has 1 heterocycles. The first-order valence-electron chi connectivity index (χ1n) is 7.35. The van der Waals surface area contributed by atoms with Crippen LogP contribution in [0.1, 0.15) is 10.5 Å². The third kappa shape index (κ3) is 3.51. The number of aromatic nitrogens is 1. The summed E-state index contributed by atoms with van der Waals surface area (Å²) in [5.41, 5.74) is 1.49. The monoisotopic (exact) mass is 312 g/mol. The van der Waals surface area contributed by atoms with Gasteiger partial charge < -0.3 is 14.6 Å². The first-order valence-corrected chi connectivity index (χ1v) is 7.35. The summed E-state index contributed by atoms with van der Waals surface area (Å²) in [6, 6.07) is 15.4. The van der Waals surface area contributed by atoms with Crippen LogP contribution in [-0.2, 0) is 0 Å². The Hall–Kier alpha value is -2.82. The van der Waals surface area contributed by atoms with E-state index in [2.05, 4.69) is 4.98 Å². The summed E-state index contributed by atoms with van der Waals surface area (Å²) in [6.07, 6.45) is 0. The molecule has 0 spiro atoms. The van der Waals surface area contributed by atoms with E-state index in [0.29, 0.717) is 24.6 Å². The van der Waals surface area contributed by atoms with Crippen molar-refractivity contribution >= 4 is 16.8 Å². The van der Waals surface area contributed by atoms with Crippen LogP contribution in [0.4, 0.5) is 4.39 Å². The maximum atomic E-state index is 12.8. The minimum atomic E-state index is -0.302. The molecule has 118 valence electrons. The number of para-hydroxylation sites is 1. The molecular weight excluding hydrogens is 295 g/mol. The van der Waals surface area contributed by atoms with E-state index in [0.717, 1.165) is 10.9 Å². The summed E-state index contributed by atoms with van der Waals surface area (Å²) in [5.74, 6) is 0.185. The molecule has 0 aliphatic heterocycles. The normalized spacial score (nSPS) is 10.7. The molecule has 0 aliphatic carbocycles. The lowest BCUT2D eigenvalue weighted by molar-refractivity contribution is 0.0769. The fourth-order valence-corrected chi connectivity index (χ4v) is 2.33. The van der Waals surface area contributed by atoms with Gasteiger partial charge in [-0.25, -0.2) is 4.39 Å². The summed E-state index contributed by atoms with van der Waals surface area (Å²) >= 11 is 0. The standard InChI is InChI=1S/C18H17FN2O2/c1-21(10-11-23-15-8-6-14(19)7-9-15)18(22)17-12-13-4-2-3-5-16(13)20-17/h2-9,12,20H,10-11H2,1H3. The lowest BCUT2D eigenvalue weighted by Crippen LogP contribution is -2.31. The molecule has 1 N–H and O–H groups in total. The number of carbonyl (C=O) groups is 1. The average Bonchev–Trinajstić information content (AvgIpc) is 3.00. The fraction of sp³-hybridized carbons (Fsp3) is 0.167.